The highest BCUT2D eigenvalue weighted by Crippen LogP contribution is 2.37. The van der Waals surface area contributed by atoms with Gasteiger partial charge in [-0.15, -0.1) is 0 Å². The molecule has 0 heterocycles. The maximum Gasteiger partial charge on any atom is 0.417 e. The monoisotopic (exact) mass is 417 g/mol. The molecular formula is C19H19F4NO3S. The molecule has 1 aliphatic rings. The first kappa shape index (κ1) is 20.8. The number of aliphatic hydroxyl groups excluding tert-OH is 1. The highest BCUT2D eigenvalue weighted by Gasteiger charge is 2.34. The van der Waals surface area contributed by atoms with Crippen molar-refractivity contribution in [2.45, 2.75) is 48.9 Å². The van der Waals surface area contributed by atoms with E-state index >= 15 is 0 Å². The van der Waals surface area contributed by atoms with Crippen LogP contribution < -0.4 is 4.72 Å². The molecule has 0 bridgehead atoms. The molecule has 0 atom stereocenters. The molecule has 0 unspecified atom stereocenters. The Morgan fingerprint density at radius 2 is 1.57 bits per heavy atom. The maximum absolute atomic E-state index is 13.3. The minimum Gasteiger partial charge on any atom is -0.393 e. The zero-order valence-corrected chi connectivity index (χ0v) is 15.5. The topological polar surface area (TPSA) is 66.4 Å². The molecule has 0 aromatic heterocycles. The molecule has 2 N–H and O–H groups in total. The Labute approximate surface area is 160 Å². The lowest BCUT2D eigenvalue weighted by Gasteiger charge is -2.26. The molecule has 152 valence electrons. The van der Waals surface area contributed by atoms with Gasteiger partial charge in [-0.1, -0.05) is 18.2 Å². The highest BCUT2D eigenvalue weighted by molar-refractivity contribution is 7.89. The van der Waals surface area contributed by atoms with Gasteiger partial charge in [0.25, 0.3) is 0 Å². The average molecular weight is 417 g/mol. The summed E-state index contributed by atoms with van der Waals surface area (Å²) in [6.07, 6.45) is -3.10. The fourth-order valence-corrected chi connectivity index (χ4v) is 4.60. The molecule has 2 aromatic rings. The van der Waals surface area contributed by atoms with E-state index in [1.807, 2.05) is 0 Å². The summed E-state index contributed by atoms with van der Waals surface area (Å²) in [5, 5.41) is 9.50. The van der Waals surface area contributed by atoms with Crippen LogP contribution in [-0.2, 0) is 16.2 Å². The van der Waals surface area contributed by atoms with Crippen LogP contribution >= 0.6 is 0 Å². The van der Waals surface area contributed by atoms with Gasteiger partial charge in [-0.25, -0.2) is 17.5 Å². The van der Waals surface area contributed by atoms with Gasteiger partial charge in [-0.3, -0.25) is 0 Å². The molecule has 3 rings (SSSR count). The third-order valence-corrected chi connectivity index (χ3v) is 6.32. The van der Waals surface area contributed by atoms with Gasteiger partial charge in [0.15, 0.2) is 0 Å². The Hall–Kier alpha value is -1.97. The molecule has 0 spiro atoms. The number of halogens is 4. The minimum absolute atomic E-state index is 0.0713. The number of alkyl halides is 3. The van der Waals surface area contributed by atoms with E-state index in [1.165, 1.54) is 24.3 Å². The van der Waals surface area contributed by atoms with Gasteiger partial charge in [0, 0.05) is 6.04 Å². The molecule has 28 heavy (non-hydrogen) atoms. The third-order valence-electron chi connectivity index (χ3n) is 4.78. The largest absolute Gasteiger partial charge is 0.417 e. The van der Waals surface area contributed by atoms with Crippen LogP contribution in [0.4, 0.5) is 17.6 Å². The Morgan fingerprint density at radius 1 is 0.964 bits per heavy atom. The van der Waals surface area contributed by atoms with Crippen molar-refractivity contribution in [3.8, 4) is 11.1 Å². The van der Waals surface area contributed by atoms with Crippen LogP contribution in [0.15, 0.2) is 47.4 Å². The van der Waals surface area contributed by atoms with Crippen LogP contribution in [0.25, 0.3) is 11.1 Å². The van der Waals surface area contributed by atoms with E-state index in [-0.39, 0.29) is 22.1 Å². The summed E-state index contributed by atoms with van der Waals surface area (Å²) in [6.45, 7) is 0. The SMILES string of the molecule is O=S(=O)(N[C@H]1CC[C@@H](O)CC1)c1ccc(-c2ccc(F)cc2C(F)(F)F)cc1. The van der Waals surface area contributed by atoms with Crippen molar-refractivity contribution in [1.29, 1.82) is 0 Å². The van der Waals surface area contributed by atoms with Crippen molar-refractivity contribution in [2.75, 3.05) is 0 Å². The van der Waals surface area contributed by atoms with Gasteiger partial charge < -0.3 is 5.11 Å². The lowest BCUT2D eigenvalue weighted by molar-refractivity contribution is -0.137. The van der Waals surface area contributed by atoms with E-state index in [1.54, 1.807) is 0 Å². The Morgan fingerprint density at radius 3 is 2.14 bits per heavy atom. The summed E-state index contributed by atoms with van der Waals surface area (Å²) in [7, 11) is -3.84. The maximum atomic E-state index is 13.3. The normalized spacial score (nSPS) is 20.9. The summed E-state index contributed by atoms with van der Waals surface area (Å²) < 4.78 is 80.4. The van der Waals surface area contributed by atoms with Crippen molar-refractivity contribution >= 4 is 10.0 Å². The fraction of sp³-hybridized carbons (Fsp3) is 0.368. The second-order valence-corrected chi connectivity index (χ2v) is 8.55. The number of benzene rings is 2. The Balaban J connectivity index is 1.84. The number of aliphatic hydroxyl groups is 1. The van der Waals surface area contributed by atoms with Gasteiger partial charge in [-0.05, 0) is 61.1 Å². The first-order chi connectivity index (χ1) is 13.1. The number of nitrogens with one attached hydrogen (secondary N) is 1. The van der Waals surface area contributed by atoms with Crippen LogP contribution in [0.3, 0.4) is 0 Å². The van der Waals surface area contributed by atoms with Crippen molar-refractivity contribution in [2.24, 2.45) is 0 Å². The molecule has 1 saturated carbocycles. The van der Waals surface area contributed by atoms with E-state index in [9.17, 15) is 31.1 Å². The average Bonchev–Trinajstić information content (AvgIpc) is 2.63. The summed E-state index contributed by atoms with van der Waals surface area (Å²) in [4.78, 5) is -0.0713. The van der Waals surface area contributed by atoms with E-state index in [0.29, 0.717) is 31.7 Å². The standard InChI is InChI=1S/C19H19F4NO3S/c20-13-3-10-17(18(11-13)19(21,22)23)12-1-8-16(9-2-12)28(26,27)24-14-4-6-15(25)7-5-14/h1-3,8-11,14-15,24-25H,4-7H2/t14-,15+. The van der Waals surface area contributed by atoms with Crippen molar-refractivity contribution in [1.82, 2.24) is 4.72 Å². The first-order valence-electron chi connectivity index (χ1n) is 8.74. The van der Waals surface area contributed by atoms with Gasteiger partial charge in [-0.2, -0.15) is 13.2 Å². The van der Waals surface area contributed by atoms with Gasteiger partial charge in [0.1, 0.15) is 5.82 Å². The van der Waals surface area contributed by atoms with E-state index in [0.717, 1.165) is 12.1 Å². The zero-order valence-electron chi connectivity index (χ0n) is 14.7. The van der Waals surface area contributed by atoms with Crippen LogP contribution in [0.5, 0.6) is 0 Å². The van der Waals surface area contributed by atoms with Crippen LogP contribution in [-0.4, -0.2) is 25.7 Å². The molecule has 0 amide bonds. The predicted octanol–water partition coefficient (Wildman–Crippen LogP) is 4.09. The summed E-state index contributed by atoms with van der Waals surface area (Å²) in [5.41, 5.74) is -1.22. The van der Waals surface area contributed by atoms with Crippen molar-refractivity contribution < 1.29 is 31.1 Å². The van der Waals surface area contributed by atoms with Gasteiger partial charge >= 0.3 is 6.18 Å². The fourth-order valence-electron chi connectivity index (χ4n) is 3.30. The Kier molecular flexibility index (Phi) is 5.79. The molecule has 1 aliphatic carbocycles. The molecule has 9 heteroatoms. The molecule has 1 fully saturated rings. The lowest BCUT2D eigenvalue weighted by Crippen LogP contribution is -2.38. The Bertz CT molecular complexity index is 935. The lowest BCUT2D eigenvalue weighted by atomic mass is 9.94. The zero-order chi connectivity index (χ0) is 20.5. The second kappa shape index (κ2) is 7.81. The van der Waals surface area contributed by atoms with Crippen molar-refractivity contribution in [3.63, 3.8) is 0 Å². The molecular weight excluding hydrogens is 398 g/mol. The summed E-state index contributed by atoms with van der Waals surface area (Å²) in [5.74, 6) is -1.00. The summed E-state index contributed by atoms with van der Waals surface area (Å²) >= 11 is 0. The smallest absolute Gasteiger partial charge is 0.393 e. The quantitative estimate of drug-likeness (QED) is 0.737. The van der Waals surface area contributed by atoms with Gasteiger partial charge in [0.2, 0.25) is 10.0 Å². The number of sulfonamides is 1. The summed E-state index contributed by atoms with van der Waals surface area (Å²) in [6, 6.07) is 7.05. The second-order valence-electron chi connectivity index (χ2n) is 6.84. The minimum atomic E-state index is -4.74. The van der Waals surface area contributed by atoms with E-state index in [4.69, 9.17) is 0 Å². The van der Waals surface area contributed by atoms with Crippen LogP contribution in [0.1, 0.15) is 31.2 Å². The molecule has 0 aliphatic heterocycles. The number of rotatable bonds is 4. The van der Waals surface area contributed by atoms with Crippen LogP contribution in [0, 0.1) is 5.82 Å². The molecule has 0 radical (unpaired) electrons. The number of hydrogen-bond donors (Lipinski definition) is 2. The molecule has 0 saturated heterocycles. The molecule has 4 nitrogen and oxygen atoms in total. The highest BCUT2D eigenvalue weighted by atomic mass is 32.2. The third kappa shape index (κ3) is 4.71. The van der Waals surface area contributed by atoms with Gasteiger partial charge in [0.05, 0.1) is 16.6 Å². The molecule has 2 aromatic carbocycles. The predicted molar refractivity (Wildman–Crippen MR) is 95.4 cm³/mol. The van der Waals surface area contributed by atoms with E-state index < -0.39 is 33.7 Å². The number of hydrogen-bond acceptors (Lipinski definition) is 3. The van der Waals surface area contributed by atoms with E-state index in [2.05, 4.69) is 4.72 Å². The van der Waals surface area contributed by atoms with Crippen molar-refractivity contribution in [3.05, 3.63) is 53.8 Å². The van der Waals surface area contributed by atoms with Crippen LogP contribution in [0.2, 0.25) is 0 Å². The first-order valence-corrected chi connectivity index (χ1v) is 10.2.